The quantitative estimate of drug-likeness (QED) is 0.755. The Morgan fingerprint density at radius 3 is 3.00 bits per heavy atom. The van der Waals surface area contributed by atoms with Crippen molar-refractivity contribution in [1.82, 2.24) is 4.98 Å². The van der Waals surface area contributed by atoms with Crippen LogP contribution < -0.4 is 10.5 Å². The predicted octanol–water partition coefficient (Wildman–Crippen LogP) is 1.82. The van der Waals surface area contributed by atoms with E-state index in [1.54, 1.807) is 0 Å². The zero-order valence-corrected chi connectivity index (χ0v) is 7.91. The van der Waals surface area contributed by atoms with E-state index in [1.807, 2.05) is 9.24 Å². The molecule has 6 heteroatoms. The van der Waals surface area contributed by atoms with Crippen LogP contribution in [0.5, 0.6) is 5.75 Å². The van der Waals surface area contributed by atoms with E-state index in [4.69, 9.17) is 17.3 Å². The molecule has 1 aromatic heterocycles. The Bertz CT molecular complexity index is 284. The number of nitrogen functional groups attached to an aromatic ring is 1. The number of anilines is 1. The van der Waals surface area contributed by atoms with Crippen molar-refractivity contribution in [2.45, 2.75) is 6.10 Å². The minimum atomic E-state index is -1.51. The van der Waals surface area contributed by atoms with Gasteiger partial charge in [0.25, 0.3) is 0 Å². The molecule has 1 heterocycles. The third kappa shape index (κ3) is 2.47. The molecule has 0 spiro atoms. The zero-order valence-electron chi connectivity index (χ0n) is 6.00. The van der Waals surface area contributed by atoms with Crippen molar-refractivity contribution in [1.29, 1.82) is 0 Å². The van der Waals surface area contributed by atoms with Gasteiger partial charge >= 0.3 is 0 Å². The summed E-state index contributed by atoms with van der Waals surface area (Å²) in [6.45, 7) is 0. The summed E-state index contributed by atoms with van der Waals surface area (Å²) >= 11 is 5.57. The van der Waals surface area contributed by atoms with Gasteiger partial charge < -0.3 is 10.5 Å². The second-order valence-corrected chi connectivity index (χ2v) is 2.97. The number of hydrogen-bond donors (Lipinski definition) is 1. The Labute approximate surface area is 76.3 Å². The zero-order chi connectivity index (χ0) is 9.14. The summed E-state index contributed by atoms with van der Waals surface area (Å²) in [7, 11) is 1.83. The van der Waals surface area contributed by atoms with Crippen LogP contribution in [0.3, 0.4) is 0 Å². The Hall–Kier alpha value is -0.600. The molecular weight excluding hydrogens is 202 g/mol. The van der Waals surface area contributed by atoms with E-state index in [0.29, 0.717) is 5.02 Å². The number of alkyl halides is 1. The molecule has 0 saturated heterocycles. The molecule has 2 unspecified atom stereocenters. The molecule has 2 atom stereocenters. The number of nitrogens with two attached hydrogens (primary N) is 1. The molecule has 0 fully saturated rings. The highest BCUT2D eigenvalue weighted by Crippen LogP contribution is 2.24. The van der Waals surface area contributed by atoms with Gasteiger partial charge in [-0.3, -0.25) is 0 Å². The largest absolute Gasteiger partial charge is 0.454 e. The van der Waals surface area contributed by atoms with Crippen LogP contribution in [0.1, 0.15) is 0 Å². The van der Waals surface area contributed by atoms with Crippen LogP contribution in [0, 0.1) is 0 Å². The van der Waals surface area contributed by atoms with Gasteiger partial charge in [0, 0.05) is 12.3 Å². The molecular formula is C6H7ClFN2OP. The Morgan fingerprint density at radius 1 is 1.75 bits per heavy atom. The van der Waals surface area contributed by atoms with Crippen molar-refractivity contribution in [3.8, 4) is 5.75 Å². The van der Waals surface area contributed by atoms with Gasteiger partial charge in [0.2, 0.25) is 6.10 Å². The average molecular weight is 209 g/mol. The smallest absolute Gasteiger partial charge is 0.249 e. The van der Waals surface area contributed by atoms with Crippen LogP contribution in [0.2, 0.25) is 5.02 Å². The van der Waals surface area contributed by atoms with Gasteiger partial charge in [0.15, 0.2) is 11.6 Å². The van der Waals surface area contributed by atoms with Gasteiger partial charge in [-0.2, -0.15) is 4.39 Å². The van der Waals surface area contributed by atoms with E-state index in [0.717, 1.165) is 0 Å². The van der Waals surface area contributed by atoms with E-state index in [2.05, 4.69) is 9.72 Å². The lowest BCUT2D eigenvalue weighted by molar-refractivity contribution is 0.154. The number of aromatic nitrogens is 1. The first-order chi connectivity index (χ1) is 5.59. The minimum absolute atomic E-state index is 0.115. The maximum Gasteiger partial charge on any atom is 0.249 e. The highest BCUT2D eigenvalue weighted by Gasteiger charge is 2.06. The van der Waals surface area contributed by atoms with Crippen LogP contribution in [0.4, 0.5) is 10.2 Å². The molecule has 0 amide bonds. The van der Waals surface area contributed by atoms with E-state index >= 15 is 0 Å². The average Bonchev–Trinajstić information content (AvgIpc) is 1.96. The van der Waals surface area contributed by atoms with E-state index in [9.17, 15) is 4.39 Å². The molecule has 0 aliphatic carbocycles. The fourth-order valence-electron chi connectivity index (χ4n) is 0.647. The lowest BCUT2D eigenvalue weighted by atomic mass is 10.4. The van der Waals surface area contributed by atoms with Crippen LogP contribution in [-0.2, 0) is 0 Å². The second kappa shape index (κ2) is 3.87. The van der Waals surface area contributed by atoms with Crippen LogP contribution in [0.25, 0.3) is 0 Å². The Balaban J connectivity index is 2.90. The summed E-state index contributed by atoms with van der Waals surface area (Å²) in [5, 5.41) is 0.352. The third-order valence-electron chi connectivity index (χ3n) is 1.09. The fraction of sp³-hybridized carbons (Fsp3) is 0.167. The predicted molar refractivity (Wildman–Crippen MR) is 48.9 cm³/mol. The van der Waals surface area contributed by atoms with Crippen molar-refractivity contribution in [3.63, 3.8) is 0 Å². The summed E-state index contributed by atoms with van der Waals surface area (Å²) in [5.41, 5.74) is 5.37. The molecule has 2 N–H and O–H groups in total. The summed E-state index contributed by atoms with van der Waals surface area (Å²) < 4.78 is 17.0. The summed E-state index contributed by atoms with van der Waals surface area (Å²) in [6.07, 6.45) is -0.146. The molecule has 0 saturated carbocycles. The fourth-order valence-corrected chi connectivity index (χ4v) is 0.941. The lowest BCUT2D eigenvalue weighted by Crippen LogP contribution is -2.03. The van der Waals surface area contributed by atoms with Crippen LogP contribution in [-0.4, -0.2) is 11.1 Å². The van der Waals surface area contributed by atoms with Gasteiger partial charge in [0.05, 0.1) is 5.02 Å². The molecule has 1 rings (SSSR count). The Kier molecular flexibility index (Phi) is 3.06. The first-order valence-electron chi connectivity index (χ1n) is 3.07. The second-order valence-electron chi connectivity index (χ2n) is 2.01. The number of halogens is 2. The van der Waals surface area contributed by atoms with Crippen molar-refractivity contribution in [3.05, 3.63) is 17.3 Å². The van der Waals surface area contributed by atoms with Crippen molar-refractivity contribution in [2.24, 2.45) is 0 Å². The van der Waals surface area contributed by atoms with Crippen molar-refractivity contribution in [2.75, 3.05) is 5.73 Å². The summed E-state index contributed by atoms with van der Waals surface area (Å²) in [5.74, 6) is 0.259. The minimum Gasteiger partial charge on any atom is -0.454 e. The number of nitrogens with zero attached hydrogens (tertiary/aromatic N) is 1. The molecule has 0 aliphatic rings. The van der Waals surface area contributed by atoms with Gasteiger partial charge in [-0.05, 0) is 0 Å². The summed E-state index contributed by atoms with van der Waals surface area (Å²) in [4.78, 5) is 3.68. The van der Waals surface area contributed by atoms with E-state index in [1.165, 1.54) is 12.3 Å². The van der Waals surface area contributed by atoms with Gasteiger partial charge in [-0.1, -0.05) is 20.8 Å². The van der Waals surface area contributed by atoms with Gasteiger partial charge in [0.1, 0.15) is 0 Å². The van der Waals surface area contributed by atoms with Crippen LogP contribution >= 0.6 is 20.8 Å². The molecule has 0 bridgehead atoms. The normalized spacial score (nSPS) is 12.6. The lowest BCUT2D eigenvalue weighted by Gasteiger charge is -2.08. The highest BCUT2D eigenvalue weighted by atomic mass is 35.5. The van der Waals surface area contributed by atoms with Crippen molar-refractivity contribution >= 4 is 26.7 Å². The first-order valence-corrected chi connectivity index (χ1v) is 4.11. The molecule has 0 aromatic carbocycles. The van der Waals surface area contributed by atoms with E-state index < -0.39 is 6.10 Å². The number of rotatable bonds is 2. The number of pyridine rings is 1. The van der Waals surface area contributed by atoms with Crippen LogP contribution in [0.15, 0.2) is 12.3 Å². The molecule has 0 radical (unpaired) electrons. The van der Waals surface area contributed by atoms with Gasteiger partial charge in [-0.25, -0.2) is 4.98 Å². The molecule has 12 heavy (non-hydrogen) atoms. The molecule has 1 aromatic rings. The first kappa shape index (κ1) is 9.49. The standard InChI is InChI=1S/C6H7ClFN2OP/c7-3-1-4(11-6(8)12)5(9)10-2-3/h1-2,6H,12H2,(H2,9,10). The SMILES string of the molecule is Nc1ncc(Cl)cc1OC(F)P. The number of hydrogen-bond acceptors (Lipinski definition) is 3. The van der Waals surface area contributed by atoms with Crippen molar-refractivity contribution < 1.29 is 9.13 Å². The Morgan fingerprint density at radius 2 is 2.42 bits per heavy atom. The van der Waals surface area contributed by atoms with Gasteiger partial charge in [-0.15, -0.1) is 0 Å². The third-order valence-corrected chi connectivity index (χ3v) is 1.43. The molecule has 3 nitrogen and oxygen atoms in total. The summed E-state index contributed by atoms with van der Waals surface area (Å²) in [6, 6.07) is 1.40. The maximum atomic E-state index is 12.3. The molecule has 66 valence electrons. The topological polar surface area (TPSA) is 48.1 Å². The maximum absolute atomic E-state index is 12.3. The molecule has 0 aliphatic heterocycles. The number of ether oxygens (including phenoxy) is 1. The highest BCUT2D eigenvalue weighted by molar-refractivity contribution is 7.16. The monoisotopic (exact) mass is 208 g/mol. The van der Waals surface area contributed by atoms with E-state index in [-0.39, 0.29) is 11.6 Å².